The van der Waals surface area contributed by atoms with Crippen molar-refractivity contribution in [1.82, 2.24) is 9.80 Å². The first-order chi connectivity index (χ1) is 9.69. The molecule has 0 aromatic heterocycles. The van der Waals surface area contributed by atoms with Crippen molar-refractivity contribution >= 4 is 14.2 Å². The van der Waals surface area contributed by atoms with Crippen LogP contribution in [-0.2, 0) is 9.22 Å². The summed E-state index contributed by atoms with van der Waals surface area (Å²) < 4.78 is 6.53. The zero-order valence-electron chi connectivity index (χ0n) is 14.4. The Morgan fingerprint density at radius 3 is 2.38 bits per heavy atom. The molecule has 2 fully saturated rings. The van der Waals surface area contributed by atoms with E-state index in [0.717, 1.165) is 39.0 Å². The molecule has 1 amide bonds. The van der Waals surface area contributed by atoms with Crippen LogP contribution in [-0.4, -0.2) is 62.9 Å². The Hall–Kier alpha value is -0.393. The summed E-state index contributed by atoms with van der Waals surface area (Å²) in [6, 6.07) is 0. The molecule has 5 heteroatoms. The Labute approximate surface area is 131 Å². The molecule has 4 nitrogen and oxygen atoms in total. The van der Waals surface area contributed by atoms with E-state index in [1.54, 1.807) is 0 Å². The van der Waals surface area contributed by atoms with Crippen LogP contribution >= 0.6 is 0 Å². The number of carbonyl (C=O) groups is 1. The first kappa shape index (κ1) is 17.0. The van der Waals surface area contributed by atoms with Gasteiger partial charge in [-0.1, -0.05) is 20.8 Å². The highest BCUT2D eigenvalue weighted by atomic mass is 28.4. The number of amides is 1. The molecule has 2 aliphatic heterocycles. The Balaban J connectivity index is 1.84. The van der Waals surface area contributed by atoms with Gasteiger partial charge in [0.1, 0.15) is 0 Å². The summed E-state index contributed by atoms with van der Waals surface area (Å²) in [5.74, 6) is 0.300. The minimum atomic E-state index is -1.70. The lowest BCUT2D eigenvalue weighted by molar-refractivity contribution is -0.136. The highest BCUT2D eigenvalue weighted by molar-refractivity contribution is 6.74. The summed E-state index contributed by atoms with van der Waals surface area (Å²) >= 11 is 0. The van der Waals surface area contributed by atoms with Crippen LogP contribution in [0.5, 0.6) is 0 Å². The molecule has 2 aliphatic rings. The van der Waals surface area contributed by atoms with E-state index in [2.05, 4.69) is 38.8 Å². The lowest BCUT2D eigenvalue weighted by Gasteiger charge is -2.42. The highest BCUT2D eigenvalue weighted by Gasteiger charge is 2.40. The molecule has 122 valence electrons. The van der Waals surface area contributed by atoms with E-state index in [-0.39, 0.29) is 5.04 Å². The normalized spacial score (nSPS) is 24.8. The van der Waals surface area contributed by atoms with Gasteiger partial charge in [0.15, 0.2) is 8.32 Å². The highest BCUT2D eigenvalue weighted by Crippen LogP contribution is 2.38. The van der Waals surface area contributed by atoms with Crippen molar-refractivity contribution in [2.45, 2.75) is 64.3 Å². The topological polar surface area (TPSA) is 32.8 Å². The maximum atomic E-state index is 12.1. The van der Waals surface area contributed by atoms with E-state index in [4.69, 9.17) is 4.43 Å². The third-order valence-electron chi connectivity index (χ3n) is 5.30. The minimum absolute atomic E-state index is 0.253. The molecule has 0 aliphatic carbocycles. The van der Waals surface area contributed by atoms with Crippen molar-refractivity contribution in [2.75, 3.05) is 32.7 Å². The number of nitrogens with zero attached hydrogens (tertiary/aromatic N) is 2. The predicted octanol–water partition coefficient (Wildman–Crippen LogP) is 2.70. The Kier molecular flexibility index (Phi) is 5.16. The number of piperidine rings is 1. The largest absolute Gasteiger partial charge is 0.413 e. The van der Waals surface area contributed by atoms with Gasteiger partial charge in [-0.25, -0.2) is 0 Å². The number of hydrogen-bond donors (Lipinski definition) is 0. The van der Waals surface area contributed by atoms with Gasteiger partial charge in [0, 0.05) is 19.6 Å². The summed E-state index contributed by atoms with van der Waals surface area (Å²) in [5.41, 5.74) is 0. The van der Waals surface area contributed by atoms with Crippen LogP contribution in [0, 0.1) is 0 Å². The van der Waals surface area contributed by atoms with E-state index >= 15 is 0 Å². The average Bonchev–Trinajstić information content (AvgIpc) is 2.24. The molecule has 0 aromatic rings. The minimum Gasteiger partial charge on any atom is -0.413 e. The fourth-order valence-electron chi connectivity index (χ4n) is 2.70. The molecular weight excluding hydrogens is 280 g/mol. The van der Waals surface area contributed by atoms with Gasteiger partial charge in [-0.15, -0.1) is 0 Å². The third kappa shape index (κ3) is 4.30. The third-order valence-corrected chi connectivity index (χ3v) is 9.83. The molecular formula is C16H32N2O2Si. The maximum absolute atomic E-state index is 12.1. The van der Waals surface area contributed by atoms with Crippen LogP contribution in [0.25, 0.3) is 0 Å². The molecule has 2 rings (SSSR count). The van der Waals surface area contributed by atoms with Crippen LogP contribution in [0.1, 0.15) is 40.0 Å². The first-order valence-corrected chi connectivity index (χ1v) is 11.3. The van der Waals surface area contributed by atoms with E-state index in [1.807, 2.05) is 4.90 Å². The molecule has 0 N–H and O–H groups in total. The molecule has 0 radical (unpaired) electrons. The van der Waals surface area contributed by atoms with Crippen molar-refractivity contribution in [3.63, 3.8) is 0 Å². The maximum Gasteiger partial charge on any atom is 0.236 e. The molecule has 0 spiro atoms. The lowest BCUT2D eigenvalue weighted by atomic mass is 10.1. The molecule has 1 atom stereocenters. The van der Waals surface area contributed by atoms with Gasteiger partial charge < -0.3 is 9.33 Å². The molecule has 2 saturated heterocycles. The summed E-state index contributed by atoms with van der Waals surface area (Å²) in [6.45, 7) is 15.9. The number of hydrogen-bond acceptors (Lipinski definition) is 3. The smallest absolute Gasteiger partial charge is 0.236 e. The van der Waals surface area contributed by atoms with E-state index in [9.17, 15) is 4.79 Å². The molecule has 21 heavy (non-hydrogen) atoms. The second kappa shape index (κ2) is 6.38. The van der Waals surface area contributed by atoms with Crippen molar-refractivity contribution < 1.29 is 9.22 Å². The van der Waals surface area contributed by atoms with E-state index in [0.29, 0.717) is 18.6 Å². The molecule has 0 aromatic carbocycles. The van der Waals surface area contributed by atoms with Crippen LogP contribution < -0.4 is 0 Å². The van der Waals surface area contributed by atoms with Crippen molar-refractivity contribution in [1.29, 1.82) is 0 Å². The Morgan fingerprint density at radius 2 is 1.86 bits per heavy atom. The fourth-order valence-corrected chi connectivity index (χ4v) is 4.08. The van der Waals surface area contributed by atoms with E-state index in [1.165, 1.54) is 6.42 Å². The van der Waals surface area contributed by atoms with Gasteiger partial charge in [0.2, 0.25) is 5.91 Å². The molecule has 0 saturated carbocycles. The Morgan fingerprint density at radius 1 is 1.19 bits per heavy atom. The molecule has 0 unspecified atom stereocenters. The van der Waals surface area contributed by atoms with Crippen LogP contribution in [0.2, 0.25) is 18.1 Å². The van der Waals surface area contributed by atoms with Gasteiger partial charge in [-0.2, -0.15) is 0 Å². The summed E-state index contributed by atoms with van der Waals surface area (Å²) in [4.78, 5) is 16.4. The van der Waals surface area contributed by atoms with Crippen LogP contribution in [0.4, 0.5) is 0 Å². The number of likely N-dealkylation sites (tertiary alicyclic amines) is 2. The van der Waals surface area contributed by atoms with Gasteiger partial charge >= 0.3 is 0 Å². The van der Waals surface area contributed by atoms with Crippen molar-refractivity contribution in [3.05, 3.63) is 0 Å². The second-order valence-corrected chi connectivity index (χ2v) is 12.9. The Bertz CT molecular complexity index is 375. The quantitative estimate of drug-likeness (QED) is 0.748. The van der Waals surface area contributed by atoms with Crippen molar-refractivity contribution in [2.24, 2.45) is 0 Å². The standard InChI is InChI=1S/C16H32N2O2Si/c1-16(2,3)21(4,5)20-14-8-6-9-17(12-14)13-15(19)18-10-7-11-18/h14H,6-13H2,1-5H3/t14-/m1/s1. The van der Waals surface area contributed by atoms with Gasteiger partial charge in [-0.3, -0.25) is 9.69 Å². The summed E-state index contributed by atoms with van der Waals surface area (Å²) in [5, 5.41) is 0.253. The van der Waals surface area contributed by atoms with Crippen LogP contribution in [0.15, 0.2) is 0 Å². The number of rotatable bonds is 4. The molecule has 2 heterocycles. The van der Waals surface area contributed by atoms with Gasteiger partial charge in [0.25, 0.3) is 0 Å². The SMILES string of the molecule is CC(C)(C)[Si](C)(C)O[C@@H]1CCCN(CC(=O)N2CCC2)C1. The van der Waals surface area contributed by atoms with Crippen LogP contribution in [0.3, 0.4) is 0 Å². The van der Waals surface area contributed by atoms with Crippen molar-refractivity contribution in [3.8, 4) is 0 Å². The summed E-state index contributed by atoms with van der Waals surface area (Å²) in [7, 11) is -1.70. The van der Waals surface area contributed by atoms with Gasteiger partial charge in [0.05, 0.1) is 12.6 Å². The zero-order valence-corrected chi connectivity index (χ0v) is 15.4. The molecule has 0 bridgehead atoms. The number of carbonyl (C=O) groups excluding carboxylic acids is 1. The summed E-state index contributed by atoms with van der Waals surface area (Å²) in [6.07, 6.45) is 3.76. The second-order valence-electron chi connectivity index (χ2n) is 8.11. The first-order valence-electron chi connectivity index (χ1n) is 8.37. The fraction of sp³-hybridized carbons (Fsp3) is 0.938. The van der Waals surface area contributed by atoms with E-state index < -0.39 is 8.32 Å². The predicted molar refractivity (Wildman–Crippen MR) is 88.9 cm³/mol. The monoisotopic (exact) mass is 312 g/mol. The zero-order chi connectivity index (χ0) is 15.7. The average molecular weight is 313 g/mol. The van der Waals surface area contributed by atoms with Gasteiger partial charge in [-0.05, 0) is 43.9 Å². The lowest BCUT2D eigenvalue weighted by Crippen LogP contribution is -2.52.